The fourth-order valence-electron chi connectivity index (χ4n) is 2.84. The number of nitrogens with one attached hydrogen (secondary N) is 1. The topological polar surface area (TPSA) is 57.7 Å². The zero-order valence-electron chi connectivity index (χ0n) is 14.7. The summed E-state index contributed by atoms with van der Waals surface area (Å²) in [5.74, 6) is 0.483. The number of rotatable bonds is 5. The number of carbonyl (C=O) groups excluding carboxylic acids is 1. The number of piperazine rings is 1. The number of para-hydroxylation sites is 2. The molecule has 2 aromatic rings. The maximum Gasteiger partial charge on any atom is 0.257 e. The first kappa shape index (κ1) is 17.2. The van der Waals surface area contributed by atoms with Gasteiger partial charge in [-0.2, -0.15) is 0 Å². The van der Waals surface area contributed by atoms with Crippen LogP contribution in [-0.4, -0.2) is 55.6 Å². The second-order valence-electron chi connectivity index (χ2n) is 6.11. The van der Waals surface area contributed by atoms with E-state index in [1.54, 1.807) is 6.20 Å². The standard InChI is InChI=1S/C19H24N4O2/c1-3-25-18-7-5-4-6-17(18)21-19(24)15-12-16(14-20-13-15)23-10-8-22(2)9-11-23/h4-7,12-14H,3,8-11H2,1-2H3,(H,21,24). The van der Waals surface area contributed by atoms with Crippen LogP contribution in [-0.2, 0) is 0 Å². The third-order valence-corrected chi connectivity index (χ3v) is 4.29. The van der Waals surface area contributed by atoms with Crippen molar-refractivity contribution in [2.75, 3.05) is 50.1 Å². The van der Waals surface area contributed by atoms with Gasteiger partial charge >= 0.3 is 0 Å². The van der Waals surface area contributed by atoms with Crippen LogP contribution < -0.4 is 15.0 Å². The molecule has 1 saturated heterocycles. The SMILES string of the molecule is CCOc1ccccc1NC(=O)c1cncc(N2CCN(C)CC2)c1. The Kier molecular flexibility index (Phi) is 5.50. The van der Waals surface area contributed by atoms with Crippen LogP contribution in [0.15, 0.2) is 42.7 Å². The smallest absolute Gasteiger partial charge is 0.257 e. The third-order valence-electron chi connectivity index (χ3n) is 4.29. The second kappa shape index (κ2) is 7.98. The third kappa shape index (κ3) is 4.28. The van der Waals surface area contributed by atoms with E-state index in [1.807, 2.05) is 43.5 Å². The van der Waals surface area contributed by atoms with Crippen LogP contribution in [0.1, 0.15) is 17.3 Å². The van der Waals surface area contributed by atoms with E-state index in [0.717, 1.165) is 31.9 Å². The quantitative estimate of drug-likeness (QED) is 0.906. The lowest BCUT2D eigenvalue weighted by Crippen LogP contribution is -2.44. The molecule has 25 heavy (non-hydrogen) atoms. The van der Waals surface area contributed by atoms with Gasteiger partial charge in [-0.05, 0) is 32.2 Å². The van der Waals surface area contributed by atoms with E-state index in [0.29, 0.717) is 23.6 Å². The van der Waals surface area contributed by atoms with Crippen LogP contribution in [0, 0.1) is 0 Å². The van der Waals surface area contributed by atoms with Gasteiger partial charge in [-0.15, -0.1) is 0 Å². The first-order valence-corrected chi connectivity index (χ1v) is 8.59. The summed E-state index contributed by atoms with van der Waals surface area (Å²) in [5, 5.41) is 2.92. The monoisotopic (exact) mass is 340 g/mol. The number of ether oxygens (including phenoxy) is 1. The lowest BCUT2D eigenvalue weighted by atomic mass is 10.2. The van der Waals surface area contributed by atoms with Gasteiger partial charge in [0, 0.05) is 32.4 Å². The molecule has 1 aromatic carbocycles. The number of benzene rings is 1. The van der Waals surface area contributed by atoms with Gasteiger partial charge in [0.25, 0.3) is 5.91 Å². The lowest BCUT2D eigenvalue weighted by molar-refractivity contribution is 0.102. The van der Waals surface area contributed by atoms with Gasteiger partial charge < -0.3 is 19.9 Å². The molecule has 1 aromatic heterocycles. The summed E-state index contributed by atoms with van der Waals surface area (Å²) < 4.78 is 5.56. The average Bonchev–Trinajstić information content (AvgIpc) is 2.64. The zero-order valence-corrected chi connectivity index (χ0v) is 14.7. The molecule has 1 amide bonds. The molecule has 1 fully saturated rings. The number of hydrogen-bond acceptors (Lipinski definition) is 5. The molecule has 0 spiro atoms. The van der Waals surface area contributed by atoms with Gasteiger partial charge in [-0.25, -0.2) is 0 Å². The van der Waals surface area contributed by atoms with Crippen LogP contribution in [0.5, 0.6) is 5.75 Å². The molecule has 0 radical (unpaired) electrons. The molecule has 1 aliphatic heterocycles. The van der Waals surface area contributed by atoms with Crippen molar-refractivity contribution in [2.45, 2.75) is 6.92 Å². The molecule has 6 nitrogen and oxygen atoms in total. The number of nitrogens with zero attached hydrogens (tertiary/aromatic N) is 3. The van der Waals surface area contributed by atoms with Crippen LogP contribution in [0.25, 0.3) is 0 Å². The van der Waals surface area contributed by atoms with Crippen molar-refractivity contribution in [3.63, 3.8) is 0 Å². The van der Waals surface area contributed by atoms with Crippen molar-refractivity contribution in [1.29, 1.82) is 0 Å². The van der Waals surface area contributed by atoms with Crippen molar-refractivity contribution in [2.24, 2.45) is 0 Å². The molecule has 0 atom stereocenters. The van der Waals surface area contributed by atoms with E-state index >= 15 is 0 Å². The molecule has 0 unspecified atom stereocenters. The Balaban J connectivity index is 1.74. The van der Waals surface area contributed by atoms with Crippen LogP contribution in [0.2, 0.25) is 0 Å². The Labute approximate surface area is 148 Å². The summed E-state index contributed by atoms with van der Waals surface area (Å²) >= 11 is 0. The molecule has 132 valence electrons. The van der Waals surface area contributed by atoms with E-state index in [4.69, 9.17) is 4.74 Å². The first-order valence-electron chi connectivity index (χ1n) is 8.59. The van der Waals surface area contributed by atoms with Crippen molar-refractivity contribution in [3.8, 4) is 5.75 Å². The van der Waals surface area contributed by atoms with Gasteiger partial charge in [0.2, 0.25) is 0 Å². The number of aromatic nitrogens is 1. The largest absolute Gasteiger partial charge is 0.492 e. The van der Waals surface area contributed by atoms with Crippen molar-refractivity contribution in [1.82, 2.24) is 9.88 Å². The van der Waals surface area contributed by atoms with E-state index in [2.05, 4.69) is 27.1 Å². The minimum absolute atomic E-state index is 0.185. The molecule has 1 aliphatic rings. The number of pyridine rings is 1. The molecule has 3 rings (SSSR count). The maximum atomic E-state index is 12.6. The predicted molar refractivity (Wildman–Crippen MR) is 99.5 cm³/mol. The van der Waals surface area contributed by atoms with E-state index in [1.165, 1.54) is 0 Å². The number of anilines is 2. The van der Waals surface area contributed by atoms with Gasteiger partial charge in [0.1, 0.15) is 5.75 Å². The summed E-state index contributed by atoms with van der Waals surface area (Å²) in [7, 11) is 2.12. The Morgan fingerprint density at radius 1 is 1.20 bits per heavy atom. The van der Waals surface area contributed by atoms with Crippen molar-refractivity contribution in [3.05, 3.63) is 48.3 Å². The van der Waals surface area contributed by atoms with Crippen LogP contribution in [0.4, 0.5) is 11.4 Å². The number of amides is 1. The van der Waals surface area contributed by atoms with Gasteiger partial charge in [-0.3, -0.25) is 9.78 Å². The molecular formula is C19H24N4O2. The predicted octanol–water partition coefficient (Wildman–Crippen LogP) is 2.48. The molecule has 1 N–H and O–H groups in total. The Morgan fingerprint density at radius 2 is 1.96 bits per heavy atom. The molecule has 0 saturated carbocycles. The molecule has 6 heteroatoms. The summed E-state index contributed by atoms with van der Waals surface area (Å²) in [6, 6.07) is 9.34. The highest BCUT2D eigenvalue weighted by atomic mass is 16.5. The molecular weight excluding hydrogens is 316 g/mol. The number of hydrogen-bond donors (Lipinski definition) is 1. The minimum Gasteiger partial charge on any atom is -0.492 e. The fraction of sp³-hybridized carbons (Fsp3) is 0.368. The number of likely N-dealkylation sites (N-methyl/N-ethyl adjacent to an activating group) is 1. The summed E-state index contributed by atoms with van der Waals surface area (Å²) in [6.45, 7) is 6.37. The summed E-state index contributed by atoms with van der Waals surface area (Å²) in [5.41, 5.74) is 2.20. The highest BCUT2D eigenvalue weighted by Crippen LogP contribution is 2.25. The Bertz CT molecular complexity index is 727. The number of carbonyl (C=O) groups is 1. The normalized spacial score (nSPS) is 15.0. The highest BCUT2D eigenvalue weighted by Gasteiger charge is 2.16. The molecule has 0 aliphatic carbocycles. The van der Waals surface area contributed by atoms with Crippen LogP contribution in [0.3, 0.4) is 0 Å². The van der Waals surface area contributed by atoms with Gasteiger partial charge in [0.15, 0.2) is 0 Å². The summed E-state index contributed by atoms with van der Waals surface area (Å²) in [4.78, 5) is 21.4. The lowest BCUT2D eigenvalue weighted by Gasteiger charge is -2.33. The average molecular weight is 340 g/mol. The van der Waals surface area contributed by atoms with Gasteiger partial charge in [0.05, 0.1) is 29.7 Å². The Morgan fingerprint density at radius 3 is 2.72 bits per heavy atom. The minimum atomic E-state index is -0.185. The first-order chi connectivity index (χ1) is 12.2. The van der Waals surface area contributed by atoms with Crippen molar-refractivity contribution >= 4 is 17.3 Å². The fourth-order valence-corrected chi connectivity index (χ4v) is 2.84. The molecule has 2 heterocycles. The maximum absolute atomic E-state index is 12.6. The van der Waals surface area contributed by atoms with Gasteiger partial charge in [-0.1, -0.05) is 12.1 Å². The van der Waals surface area contributed by atoms with E-state index in [-0.39, 0.29) is 5.91 Å². The Hall–Kier alpha value is -2.60. The van der Waals surface area contributed by atoms with E-state index < -0.39 is 0 Å². The van der Waals surface area contributed by atoms with Crippen molar-refractivity contribution < 1.29 is 9.53 Å². The zero-order chi connectivity index (χ0) is 17.6. The van der Waals surface area contributed by atoms with Crippen LogP contribution >= 0.6 is 0 Å². The highest BCUT2D eigenvalue weighted by molar-refractivity contribution is 6.05. The molecule has 0 bridgehead atoms. The summed E-state index contributed by atoms with van der Waals surface area (Å²) in [6.07, 6.45) is 3.41. The van der Waals surface area contributed by atoms with E-state index in [9.17, 15) is 4.79 Å². The second-order valence-corrected chi connectivity index (χ2v) is 6.11.